The molecule has 2 heterocycles. The van der Waals surface area contributed by atoms with Crippen LogP contribution in [-0.4, -0.2) is 27.1 Å². The zero-order valence-corrected chi connectivity index (χ0v) is 12.6. The molecule has 2 aliphatic rings. The first kappa shape index (κ1) is 13.4. The van der Waals surface area contributed by atoms with Gasteiger partial charge in [-0.3, -0.25) is 4.57 Å². The number of anilines is 1. The van der Waals surface area contributed by atoms with Crippen LogP contribution in [0.25, 0.3) is 0 Å². The molecule has 1 saturated heterocycles. The molecule has 1 aliphatic carbocycles. The third-order valence-corrected chi connectivity index (χ3v) is 4.75. The average molecular weight is 278 g/mol. The van der Waals surface area contributed by atoms with E-state index in [-0.39, 0.29) is 16.2 Å². The lowest BCUT2D eigenvalue weighted by Crippen LogP contribution is -2.35. The van der Waals surface area contributed by atoms with E-state index in [0.717, 1.165) is 19.4 Å². The predicted octanol–water partition coefficient (Wildman–Crippen LogP) is 2.73. The SMILES string of the molecule is Cn1cnc([N+](=O)[O-])c1N1CC2(C)CC1CC(C)(C)C2. The maximum absolute atomic E-state index is 11.2. The molecule has 0 radical (unpaired) electrons. The van der Waals surface area contributed by atoms with Crippen molar-refractivity contribution < 1.29 is 4.92 Å². The maximum Gasteiger partial charge on any atom is 0.406 e. The fourth-order valence-electron chi connectivity index (χ4n) is 4.58. The van der Waals surface area contributed by atoms with Gasteiger partial charge in [-0.15, -0.1) is 0 Å². The Morgan fingerprint density at radius 2 is 2.10 bits per heavy atom. The van der Waals surface area contributed by atoms with Crippen molar-refractivity contribution in [3.8, 4) is 0 Å². The third kappa shape index (κ3) is 1.98. The number of rotatable bonds is 2. The lowest BCUT2D eigenvalue weighted by atomic mass is 9.65. The summed E-state index contributed by atoms with van der Waals surface area (Å²) in [6.07, 6.45) is 4.94. The molecule has 0 spiro atoms. The molecule has 20 heavy (non-hydrogen) atoms. The Kier molecular flexibility index (Phi) is 2.65. The fourth-order valence-corrected chi connectivity index (χ4v) is 4.58. The van der Waals surface area contributed by atoms with Crippen molar-refractivity contribution in [3.63, 3.8) is 0 Å². The van der Waals surface area contributed by atoms with Crippen LogP contribution in [0.5, 0.6) is 0 Å². The summed E-state index contributed by atoms with van der Waals surface area (Å²) in [5.74, 6) is 0.655. The lowest BCUT2D eigenvalue weighted by molar-refractivity contribution is -0.388. The molecule has 110 valence electrons. The van der Waals surface area contributed by atoms with Gasteiger partial charge in [-0.05, 0) is 40.0 Å². The molecule has 2 atom stereocenters. The van der Waals surface area contributed by atoms with Crippen LogP contribution >= 0.6 is 0 Å². The summed E-state index contributed by atoms with van der Waals surface area (Å²) in [5.41, 5.74) is 0.560. The van der Waals surface area contributed by atoms with Gasteiger partial charge in [-0.2, -0.15) is 0 Å². The number of hydrogen-bond donors (Lipinski definition) is 0. The van der Waals surface area contributed by atoms with E-state index in [2.05, 4.69) is 30.7 Å². The van der Waals surface area contributed by atoms with Crippen LogP contribution < -0.4 is 4.90 Å². The molecule has 1 aliphatic heterocycles. The van der Waals surface area contributed by atoms with Gasteiger partial charge in [0.1, 0.15) is 0 Å². The van der Waals surface area contributed by atoms with E-state index in [1.54, 1.807) is 10.9 Å². The number of aromatic nitrogens is 2. The van der Waals surface area contributed by atoms with Gasteiger partial charge in [0.25, 0.3) is 0 Å². The summed E-state index contributed by atoms with van der Waals surface area (Å²) in [5, 5.41) is 11.2. The highest BCUT2D eigenvalue weighted by molar-refractivity contribution is 5.57. The molecule has 3 rings (SSSR count). The normalized spacial score (nSPS) is 31.6. The number of nitrogens with zero attached hydrogens (tertiary/aromatic N) is 4. The quantitative estimate of drug-likeness (QED) is 0.616. The highest BCUT2D eigenvalue weighted by atomic mass is 16.6. The Bertz CT molecular complexity index is 566. The molecular weight excluding hydrogens is 256 g/mol. The molecule has 0 N–H and O–H groups in total. The van der Waals surface area contributed by atoms with Crippen molar-refractivity contribution in [3.05, 3.63) is 16.4 Å². The van der Waals surface area contributed by atoms with Crippen molar-refractivity contribution in [1.82, 2.24) is 9.55 Å². The van der Waals surface area contributed by atoms with Crippen molar-refractivity contribution >= 4 is 11.6 Å². The van der Waals surface area contributed by atoms with Gasteiger partial charge in [-0.25, -0.2) is 0 Å². The van der Waals surface area contributed by atoms with Crippen LogP contribution in [0.3, 0.4) is 0 Å². The van der Waals surface area contributed by atoms with E-state index in [1.165, 1.54) is 6.42 Å². The highest BCUT2D eigenvalue weighted by Gasteiger charge is 2.51. The molecule has 0 amide bonds. The number of fused-ring (bicyclic) bond motifs is 2. The first-order valence-corrected chi connectivity index (χ1v) is 7.13. The number of aryl methyl sites for hydroxylation is 1. The zero-order chi connectivity index (χ0) is 14.7. The minimum Gasteiger partial charge on any atom is -0.358 e. The van der Waals surface area contributed by atoms with Crippen LogP contribution in [-0.2, 0) is 7.05 Å². The fraction of sp³-hybridized carbons (Fsp3) is 0.786. The number of hydrogen-bond acceptors (Lipinski definition) is 4. The lowest BCUT2D eigenvalue weighted by Gasteiger charge is -2.39. The molecule has 1 aromatic heterocycles. The maximum atomic E-state index is 11.2. The summed E-state index contributed by atoms with van der Waals surface area (Å²) in [4.78, 5) is 17.0. The second-order valence-corrected chi connectivity index (χ2v) is 7.60. The largest absolute Gasteiger partial charge is 0.406 e. The van der Waals surface area contributed by atoms with E-state index in [4.69, 9.17) is 0 Å². The zero-order valence-electron chi connectivity index (χ0n) is 12.6. The van der Waals surface area contributed by atoms with Crippen molar-refractivity contribution in [2.24, 2.45) is 17.9 Å². The van der Waals surface area contributed by atoms with E-state index in [9.17, 15) is 10.1 Å². The van der Waals surface area contributed by atoms with Crippen LogP contribution in [0.4, 0.5) is 11.6 Å². The molecule has 1 saturated carbocycles. The number of imidazole rings is 1. The molecule has 6 nitrogen and oxygen atoms in total. The van der Waals surface area contributed by atoms with E-state index in [1.807, 2.05) is 7.05 Å². The Balaban J connectivity index is 2.01. The summed E-state index contributed by atoms with van der Waals surface area (Å²) in [7, 11) is 1.84. The Morgan fingerprint density at radius 3 is 2.75 bits per heavy atom. The Morgan fingerprint density at radius 1 is 1.40 bits per heavy atom. The standard InChI is InChI=1S/C14H22N4O2/c1-13(2)5-10-6-14(3,7-13)8-17(10)12-11(18(19)20)15-9-16(12)4/h9-10H,5-8H2,1-4H3. The van der Waals surface area contributed by atoms with Gasteiger partial charge in [-0.1, -0.05) is 20.8 Å². The number of nitro groups is 1. The second-order valence-electron chi connectivity index (χ2n) is 7.60. The van der Waals surface area contributed by atoms with Gasteiger partial charge in [0.05, 0.1) is 0 Å². The van der Waals surface area contributed by atoms with E-state index < -0.39 is 0 Å². The van der Waals surface area contributed by atoms with Crippen LogP contribution in [0.15, 0.2) is 6.33 Å². The predicted molar refractivity (Wildman–Crippen MR) is 76.7 cm³/mol. The highest BCUT2D eigenvalue weighted by Crippen LogP contribution is 2.54. The third-order valence-electron chi connectivity index (χ3n) is 4.75. The van der Waals surface area contributed by atoms with Crippen molar-refractivity contribution in [2.45, 2.75) is 46.1 Å². The van der Waals surface area contributed by atoms with Gasteiger partial charge in [0, 0.05) is 19.6 Å². The average Bonchev–Trinajstić information content (AvgIpc) is 2.75. The molecule has 6 heteroatoms. The first-order chi connectivity index (χ1) is 9.21. The van der Waals surface area contributed by atoms with Gasteiger partial charge < -0.3 is 15.0 Å². The monoisotopic (exact) mass is 278 g/mol. The van der Waals surface area contributed by atoms with Crippen LogP contribution in [0.1, 0.15) is 40.0 Å². The van der Waals surface area contributed by atoms with Crippen LogP contribution in [0.2, 0.25) is 0 Å². The molecule has 2 bridgehead atoms. The second kappa shape index (κ2) is 3.96. The van der Waals surface area contributed by atoms with Crippen molar-refractivity contribution in [1.29, 1.82) is 0 Å². The van der Waals surface area contributed by atoms with Gasteiger partial charge >= 0.3 is 5.82 Å². The first-order valence-electron chi connectivity index (χ1n) is 7.13. The smallest absolute Gasteiger partial charge is 0.358 e. The summed E-state index contributed by atoms with van der Waals surface area (Å²) < 4.78 is 1.79. The summed E-state index contributed by atoms with van der Waals surface area (Å²) in [6.45, 7) is 7.81. The minimum absolute atomic E-state index is 0.0125. The topological polar surface area (TPSA) is 64.2 Å². The van der Waals surface area contributed by atoms with Gasteiger partial charge in [0.15, 0.2) is 0 Å². The van der Waals surface area contributed by atoms with E-state index >= 15 is 0 Å². The summed E-state index contributed by atoms with van der Waals surface area (Å²) >= 11 is 0. The summed E-state index contributed by atoms with van der Waals surface area (Å²) in [6, 6.07) is 0.387. The van der Waals surface area contributed by atoms with Crippen LogP contribution in [0, 0.1) is 20.9 Å². The molecular formula is C14H22N4O2. The van der Waals surface area contributed by atoms with E-state index in [0.29, 0.717) is 17.3 Å². The van der Waals surface area contributed by atoms with Gasteiger partial charge in [0.2, 0.25) is 12.1 Å². The molecule has 2 fully saturated rings. The Labute approximate surface area is 118 Å². The Hall–Kier alpha value is -1.59. The molecule has 0 aromatic carbocycles. The molecule has 1 aromatic rings. The van der Waals surface area contributed by atoms with Crippen molar-refractivity contribution in [2.75, 3.05) is 11.4 Å². The molecule has 2 unspecified atom stereocenters. The minimum atomic E-state index is -0.370.